The fraction of sp³-hybridized carbons (Fsp3) is 0.636. The summed E-state index contributed by atoms with van der Waals surface area (Å²) in [5.74, 6) is 5.19. The fourth-order valence-corrected chi connectivity index (χ4v) is 1.85. The summed E-state index contributed by atoms with van der Waals surface area (Å²) in [6.07, 6.45) is 12.9. The Morgan fingerprint density at radius 2 is 2.00 bits per heavy atom. The number of hydrogen-bond donors (Lipinski definition) is 0. The van der Waals surface area contributed by atoms with Gasteiger partial charge in [-0.2, -0.15) is 11.8 Å². The van der Waals surface area contributed by atoms with Gasteiger partial charge in [0.25, 0.3) is 0 Å². The van der Waals surface area contributed by atoms with Crippen LogP contribution in [-0.2, 0) is 0 Å². The summed E-state index contributed by atoms with van der Waals surface area (Å²) in [5.41, 5.74) is 0. The molecule has 0 nitrogen and oxygen atoms in total. The topological polar surface area (TPSA) is 0 Å². The Morgan fingerprint density at radius 3 is 2.67 bits per heavy atom. The SMILES string of the molecule is C#CCCCCSCCCC=C. The first kappa shape index (κ1) is 11.6. The molecule has 0 heterocycles. The van der Waals surface area contributed by atoms with E-state index in [0.29, 0.717) is 0 Å². The number of unbranched alkanes of at least 4 members (excludes halogenated alkanes) is 3. The zero-order chi connectivity index (χ0) is 9.07. The quantitative estimate of drug-likeness (QED) is 0.314. The molecular weight excluding hydrogens is 164 g/mol. The van der Waals surface area contributed by atoms with Crippen LogP contribution in [0, 0.1) is 12.3 Å². The molecule has 0 spiro atoms. The molecule has 0 fully saturated rings. The second-order valence-electron chi connectivity index (χ2n) is 2.70. The maximum Gasteiger partial charge on any atom is 0.00863 e. The number of hydrogen-bond acceptors (Lipinski definition) is 1. The molecule has 0 radical (unpaired) electrons. The van der Waals surface area contributed by atoms with E-state index in [0.717, 1.165) is 12.8 Å². The van der Waals surface area contributed by atoms with E-state index in [4.69, 9.17) is 6.42 Å². The zero-order valence-electron chi connectivity index (χ0n) is 7.72. The predicted octanol–water partition coefficient (Wildman–Crippen LogP) is 3.49. The highest BCUT2D eigenvalue weighted by Crippen LogP contribution is 2.08. The molecule has 0 amide bonds. The fourth-order valence-electron chi connectivity index (χ4n) is 0.863. The first-order valence-corrected chi connectivity index (χ1v) is 5.69. The summed E-state index contributed by atoms with van der Waals surface area (Å²) in [6, 6.07) is 0. The maximum absolute atomic E-state index is 5.14. The van der Waals surface area contributed by atoms with Gasteiger partial charge in [-0.1, -0.05) is 6.08 Å². The Hall–Kier alpha value is -0.350. The van der Waals surface area contributed by atoms with E-state index in [2.05, 4.69) is 12.5 Å². The van der Waals surface area contributed by atoms with Crippen molar-refractivity contribution in [2.24, 2.45) is 0 Å². The Morgan fingerprint density at radius 1 is 1.25 bits per heavy atom. The number of thioether (sulfide) groups is 1. The zero-order valence-corrected chi connectivity index (χ0v) is 8.54. The van der Waals surface area contributed by atoms with Crippen LogP contribution in [0.3, 0.4) is 0 Å². The molecule has 0 saturated carbocycles. The highest BCUT2D eigenvalue weighted by Gasteiger charge is 1.88. The highest BCUT2D eigenvalue weighted by atomic mass is 32.2. The van der Waals surface area contributed by atoms with Crippen molar-refractivity contribution in [2.45, 2.75) is 32.1 Å². The molecule has 0 aliphatic carbocycles. The minimum Gasteiger partial charge on any atom is -0.162 e. The minimum absolute atomic E-state index is 0.938. The van der Waals surface area contributed by atoms with Crippen molar-refractivity contribution in [3.05, 3.63) is 12.7 Å². The van der Waals surface area contributed by atoms with Gasteiger partial charge in [-0.15, -0.1) is 18.9 Å². The van der Waals surface area contributed by atoms with Crippen molar-refractivity contribution in [3.63, 3.8) is 0 Å². The normalized spacial score (nSPS) is 9.25. The first-order chi connectivity index (χ1) is 5.91. The van der Waals surface area contributed by atoms with Crippen LogP contribution in [0.2, 0.25) is 0 Å². The molecule has 1 heteroatoms. The van der Waals surface area contributed by atoms with Crippen molar-refractivity contribution in [2.75, 3.05) is 11.5 Å². The lowest BCUT2D eigenvalue weighted by molar-refractivity contribution is 0.835. The van der Waals surface area contributed by atoms with Crippen LogP contribution in [0.4, 0.5) is 0 Å². The van der Waals surface area contributed by atoms with E-state index >= 15 is 0 Å². The van der Waals surface area contributed by atoms with Gasteiger partial charge in [0.15, 0.2) is 0 Å². The lowest BCUT2D eigenvalue weighted by Gasteiger charge is -1.98. The molecule has 0 bridgehead atoms. The van der Waals surface area contributed by atoms with Crippen LogP contribution >= 0.6 is 11.8 Å². The van der Waals surface area contributed by atoms with E-state index in [1.165, 1.54) is 30.8 Å². The van der Waals surface area contributed by atoms with Crippen molar-refractivity contribution < 1.29 is 0 Å². The lowest BCUT2D eigenvalue weighted by Crippen LogP contribution is -1.83. The largest absolute Gasteiger partial charge is 0.162 e. The number of rotatable bonds is 8. The minimum atomic E-state index is 0.938. The van der Waals surface area contributed by atoms with Crippen LogP contribution in [0.15, 0.2) is 12.7 Å². The van der Waals surface area contributed by atoms with Gasteiger partial charge >= 0.3 is 0 Å². The summed E-state index contributed by atoms with van der Waals surface area (Å²) in [4.78, 5) is 0. The van der Waals surface area contributed by atoms with Gasteiger partial charge in [-0.3, -0.25) is 0 Å². The van der Waals surface area contributed by atoms with Gasteiger partial charge in [0.05, 0.1) is 0 Å². The standard InChI is InChI=1S/C11H18S/c1-3-5-7-9-11-12-10-8-6-4-2/h1,4H,2,5-11H2. The Bertz CT molecular complexity index is 132. The molecule has 0 aromatic carbocycles. The van der Waals surface area contributed by atoms with E-state index in [-0.39, 0.29) is 0 Å². The van der Waals surface area contributed by atoms with E-state index in [1.807, 2.05) is 17.8 Å². The van der Waals surface area contributed by atoms with Gasteiger partial charge in [0.1, 0.15) is 0 Å². The Labute approximate surface area is 80.8 Å². The van der Waals surface area contributed by atoms with E-state index < -0.39 is 0 Å². The second-order valence-corrected chi connectivity index (χ2v) is 3.93. The summed E-state index contributed by atoms with van der Waals surface area (Å²) in [6.45, 7) is 3.69. The van der Waals surface area contributed by atoms with Crippen molar-refractivity contribution >= 4 is 11.8 Å². The molecule has 0 aliphatic heterocycles. The smallest absolute Gasteiger partial charge is 0.00863 e. The Kier molecular flexibility index (Phi) is 10.3. The molecule has 0 aromatic rings. The monoisotopic (exact) mass is 182 g/mol. The molecule has 12 heavy (non-hydrogen) atoms. The molecule has 68 valence electrons. The Balaban J connectivity index is 2.82. The van der Waals surface area contributed by atoms with Gasteiger partial charge in [0, 0.05) is 6.42 Å². The third-order valence-corrected chi connectivity index (χ3v) is 2.71. The van der Waals surface area contributed by atoms with Crippen LogP contribution in [-0.4, -0.2) is 11.5 Å². The molecule has 0 atom stereocenters. The third-order valence-electron chi connectivity index (χ3n) is 1.56. The molecule has 0 unspecified atom stereocenters. The lowest BCUT2D eigenvalue weighted by atomic mass is 10.3. The maximum atomic E-state index is 5.14. The van der Waals surface area contributed by atoms with Crippen LogP contribution in [0.5, 0.6) is 0 Å². The van der Waals surface area contributed by atoms with E-state index in [1.54, 1.807) is 0 Å². The van der Waals surface area contributed by atoms with Crippen molar-refractivity contribution in [3.8, 4) is 12.3 Å². The van der Waals surface area contributed by atoms with Gasteiger partial charge in [-0.05, 0) is 37.2 Å². The number of terminal acetylenes is 1. The molecule has 0 saturated heterocycles. The van der Waals surface area contributed by atoms with Crippen LogP contribution in [0.25, 0.3) is 0 Å². The second kappa shape index (κ2) is 10.7. The molecule has 0 rings (SSSR count). The van der Waals surface area contributed by atoms with Crippen LogP contribution in [0.1, 0.15) is 32.1 Å². The summed E-state index contributed by atoms with van der Waals surface area (Å²) >= 11 is 2.03. The molecule has 0 aromatic heterocycles. The summed E-state index contributed by atoms with van der Waals surface area (Å²) in [5, 5.41) is 0. The van der Waals surface area contributed by atoms with Crippen molar-refractivity contribution in [1.29, 1.82) is 0 Å². The highest BCUT2D eigenvalue weighted by molar-refractivity contribution is 7.99. The van der Waals surface area contributed by atoms with Crippen molar-refractivity contribution in [1.82, 2.24) is 0 Å². The van der Waals surface area contributed by atoms with Gasteiger partial charge in [0.2, 0.25) is 0 Å². The van der Waals surface area contributed by atoms with Gasteiger partial charge in [-0.25, -0.2) is 0 Å². The molecular formula is C11H18S. The van der Waals surface area contributed by atoms with E-state index in [9.17, 15) is 0 Å². The number of allylic oxidation sites excluding steroid dienone is 1. The predicted molar refractivity (Wildman–Crippen MR) is 59.4 cm³/mol. The average Bonchev–Trinajstić information content (AvgIpc) is 2.10. The molecule has 0 aliphatic rings. The molecule has 0 N–H and O–H groups in total. The summed E-state index contributed by atoms with van der Waals surface area (Å²) < 4.78 is 0. The summed E-state index contributed by atoms with van der Waals surface area (Å²) in [7, 11) is 0. The van der Waals surface area contributed by atoms with Crippen LogP contribution < -0.4 is 0 Å². The van der Waals surface area contributed by atoms with Gasteiger partial charge < -0.3 is 0 Å². The first-order valence-electron chi connectivity index (χ1n) is 4.54. The average molecular weight is 182 g/mol. The third kappa shape index (κ3) is 9.65.